The zero-order chi connectivity index (χ0) is 10.1. The standard InChI is InChI=1S/C12H22O/c1-6-8-12(11(3,4)5)9-7-10(2)13-12/h7,9-10H,6,8H2,1-5H3/t10-,12+/m0/s1. The molecule has 0 spiro atoms. The molecule has 2 atom stereocenters. The lowest BCUT2D eigenvalue weighted by molar-refractivity contribution is -0.0900. The van der Waals surface area contributed by atoms with Gasteiger partial charge in [-0.1, -0.05) is 46.3 Å². The van der Waals surface area contributed by atoms with Crippen molar-refractivity contribution in [3.05, 3.63) is 12.2 Å². The molecule has 0 aromatic heterocycles. The average molecular weight is 182 g/mol. The average Bonchev–Trinajstić information content (AvgIpc) is 2.32. The highest BCUT2D eigenvalue weighted by molar-refractivity contribution is 5.15. The Morgan fingerprint density at radius 2 is 2.00 bits per heavy atom. The van der Waals surface area contributed by atoms with Crippen molar-refractivity contribution in [3.63, 3.8) is 0 Å². The predicted molar refractivity (Wildman–Crippen MR) is 56.8 cm³/mol. The molecule has 0 aliphatic carbocycles. The highest BCUT2D eigenvalue weighted by Crippen LogP contribution is 2.42. The van der Waals surface area contributed by atoms with Crippen LogP contribution >= 0.6 is 0 Å². The second-order valence-electron chi connectivity index (χ2n) is 5.07. The highest BCUT2D eigenvalue weighted by atomic mass is 16.5. The summed E-state index contributed by atoms with van der Waals surface area (Å²) in [6, 6.07) is 0. The molecule has 0 bridgehead atoms. The van der Waals surface area contributed by atoms with Gasteiger partial charge in [-0.3, -0.25) is 0 Å². The van der Waals surface area contributed by atoms with E-state index in [2.05, 4.69) is 46.8 Å². The number of rotatable bonds is 2. The van der Waals surface area contributed by atoms with Crippen LogP contribution in [0.2, 0.25) is 0 Å². The summed E-state index contributed by atoms with van der Waals surface area (Å²) in [6.07, 6.45) is 7.03. The van der Waals surface area contributed by atoms with Crippen molar-refractivity contribution >= 4 is 0 Å². The first kappa shape index (κ1) is 10.8. The maximum absolute atomic E-state index is 6.04. The van der Waals surface area contributed by atoms with E-state index < -0.39 is 0 Å². The van der Waals surface area contributed by atoms with Gasteiger partial charge in [0.1, 0.15) is 0 Å². The maximum atomic E-state index is 6.04. The Morgan fingerprint density at radius 3 is 2.31 bits per heavy atom. The van der Waals surface area contributed by atoms with Crippen LogP contribution in [0.4, 0.5) is 0 Å². The first-order valence-electron chi connectivity index (χ1n) is 5.28. The molecule has 0 aromatic carbocycles. The zero-order valence-corrected chi connectivity index (χ0v) is 9.55. The van der Waals surface area contributed by atoms with E-state index >= 15 is 0 Å². The van der Waals surface area contributed by atoms with Gasteiger partial charge >= 0.3 is 0 Å². The molecule has 1 rings (SSSR count). The van der Waals surface area contributed by atoms with Gasteiger partial charge < -0.3 is 4.74 Å². The molecular weight excluding hydrogens is 160 g/mol. The van der Waals surface area contributed by atoms with Gasteiger partial charge in [-0.2, -0.15) is 0 Å². The van der Waals surface area contributed by atoms with Crippen molar-refractivity contribution in [2.45, 2.75) is 59.2 Å². The first-order valence-corrected chi connectivity index (χ1v) is 5.28. The van der Waals surface area contributed by atoms with E-state index in [9.17, 15) is 0 Å². The number of hydrogen-bond donors (Lipinski definition) is 0. The molecule has 0 fully saturated rings. The Kier molecular flexibility index (Phi) is 2.86. The third-order valence-corrected chi connectivity index (χ3v) is 2.92. The van der Waals surface area contributed by atoms with Gasteiger partial charge in [-0.05, 0) is 18.8 Å². The van der Waals surface area contributed by atoms with E-state index in [1.165, 1.54) is 6.42 Å². The lowest BCUT2D eigenvalue weighted by Crippen LogP contribution is -2.42. The number of hydrogen-bond acceptors (Lipinski definition) is 1. The van der Waals surface area contributed by atoms with Crippen molar-refractivity contribution < 1.29 is 4.74 Å². The van der Waals surface area contributed by atoms with Crippen LogP contribution in [-0.4, -0.2) is 11.7 Å². The SMILES string of the molecule is CCC[C@]1(C(C)(C)C)C=C[C@H](C)O1. The summed E-state index contributed by atoms with van der Waals surface area (Å²) >= 11 is 0. The smallest absolute Gasteiger partial charge is 0.0919 e. The van der Waals surface area contributed by atoms with Crippen molar-refractivity contribution in [1.82, 2.24) is 0 Å². The second kappa shape index (κ2) is 3.45. The van der Waals surface area contributed by atoms with E-state index in [4.69, 9.17) is 4.74 Å². The number of ether oxygens (including phenoxy) is 1. The van der Waals surface area contributed by atoms with Crippen molar-refractivity contribution in [3.8, 4) is 0 Å². The van der Waals surface area contributed by atoms with Crippen LogP contribution in [0.1, 0.15) is 47.5 Å². The summed E-state index contributed by atoms with van der Waals surface area (Å²) in [4.78, 5) is 0. The molecule has 1 heterocycles. The van der Waals surface area contributed by atoms with Crippen LogP contribution in [0.5, 0.6) is 0 Å². The molecule has 1 aliphatic rings. The molecule has 0 radical (unpaired) electrons. The molecule has 0 saturated heterocycles. The van der Waals surface area contributed by atoms with Gasteiger partial charge in [0.15, 0.2) is 0 Å². The van der Waals surface area contributed by atoms with E-state index in [1.807, 2.05) is 0 Å². The molecule has 0 aromatic rings. The molecule has 1 aliphatic heterocycles. The predicted octanol–water partition coefficient (Wildman–Crippen LogP) is 3.55. The molecule has 13 heavy (non-hydrogen) atoms. The van der Waals surface area contributed by atoms with Crippen molar-refractivity contribution in [2.24, 2.45) is 5.41 Å². The summed E-state index contributed by atoms with van der Waals surface area (Å²) < 4.78 is 6.04. The fraction of sp³-hybridized carbons (Fsp3) is 0.833. The first-order chi connectivity index (χ1) is 5.91. The van der Waals surface area contributed by atoms with E-state index in [0.717, 1.165) is 6.42 Å². The van der Waals surface area contributed by atoms with Crippen LogP contribution in [0.15, 0.2) is 12.2 Å². The quantitative estimate of drug-likeness (QED) is 0.593. The van der Waals surface area contributed by atoms with Crippen LogP contribution in [-0.2, 0) is 4.74 Å². The molecule has 76 valence electrons. The molecule has 0 N–H and O–H groups in total. The molecule has 0 saturated carbocycles. The Labute approximate surface area is 82.2 Å². The monoisotopic (exact) mass is 182 g/mol. The Balaban J connectivity index is 2.85. The van der Waals surface area contributed by atoms with Crippen molar-refractivity contribution in [1.29, 1.82) is 0 Å². The zero-order valence-electron chi connectivity index (χ0n) is 9.55. The van der Waals surface area contributed by atoms with Crippen LogP contribution in [0.3, 0.4) is 0 Å². The Morgan fingerprint density at radius 1 is 1.38 bits per heavy atom. The highest BCUT2D eigenvalue weighted by Gasteiger charge is 2.43. The third kappa shape index (κ3) is 1.96. The second-order valence-corrected chi connectivity index (χ2v) is 5.07. The maximum Gasteiger partial charge on any atom is 0.0919 e. The summed E-state index contributed by atoms with van der Waals surface area (Å²) in [6.45, 7) is 11.1. The summed E-state index contributed by atoms with van der Waals surface area (Å²) in [7, 11) is 0. The summed E-state index contributed by atoms with van der Waals surface area (Å²) in [5.41, 5.74) is 0.172. The molecular formula is C12H22O. The van der Waals surface area contributed by atoms with Gasteiger partial charge in [0, 0.05) is 0 Å². The van der Waals surface area contributed by atoms with Gasteiger partial charge in [-0.25, -0.2) is 0 Å². The van der Waals surface area contributed by atoms with Gasteiger partial charge in [0.05, 0.1) is 11.7 Å². The van der Waals surface area contributed by atoms with E-state index in [0.29, 0.717) is 0 Å². The van der Waals surface area contributed by atoms with Crippen molar-refractivity contribution in [2.75, 3.05) is 0 Å². The normalized spacial score (nSPS) is 34.1. The summed E-state index contributed by atoms with van der Waals surface area (Å²) in [5.74, 6) is 0. The van der Waals surface area contributed by atoms with E-state index in [-0.39, 0.29) is 17.1 Å². The largest absolute Gasteiger partial charge is 0.363 e. The molecule has 1 nitrogen and oxygen atoms in total. The van der Waals surface area contributed by atoms with Crippen LogP contribution in [0, 0.1) is 5.41 Å². The Bertz CT molecular complexity index is 200. The molecule has 1 heteroatoms. The summed E-state index contributed by atoms with van der Waals surface area (Å²) in [5, 5.41) is 0. The minimum Gasteiger partial charge on any atom is -0.363 e. The lowest BCUT2D eigenvalue weighted by Gasteiger charge is -2.40. The van der Waals surface area contributed by atoms with Crippen LogP contribution in [0.25, 0.3) is 0 Å². The minimum absolute atomic E-state index is 0.0266. The topological polar surface area (TPSA) is 9.23 Å². The fourth-order valence-corrected chi connectivity index (χ4v) is 2.02. The third-order valence-electron chi connectivity index (χ3n) is 2.92. The van der Waals surface area contributed by atoms with E-state index in [1.54, 1.807) is 0 Å². The molecule has 0 amide bonds. The van der Waals surface area contributed by atoms with Gasteiger partial charge in [0.25, 0.3) is 0 Å². The Hall–Kier alpha value is -0.300. The minimum atomic E-state index is -0.0266. The van der Waals surface area contributed by atoms with Gasteiger partial charge in [0.2, 0.25) is 0 Å². The van der Waals surface area contributed by atoms with Gasteiger partial charge in [-0.15, -0.1) is 0 Å². The van der Waals surface area contributed by atoms with Crippen LogP contribution < -0.4 is 0 Å². The fourth-order valence-electron chi connectivity index (χ4n) is 2.02. The molecule has 0 unspecified atom stereocenters. The lowest BCUT2D eigenvalue weighted by atomic mass is 9.74.